The van der Waals surface area contributed by atoms with Gasteiger partial charge in [-0.05, 0) is 32.4 Å². The summed E-state index contributed by atoms with van der Waals surface area (Å²) in [7, 11) is 0. The highest BCUT2D eigenvalue weighted by Crippen LogP contribution is 2.05. The molecular weight excluding hydrogens is 170 g/mol. The van der Waals surface area contributed by atoms with Crippen LogP contribution in [0.2, 0.25) is 0 Å². The van der Waals surface area contributed by atoms with Crippen LogP contribution in [0.1, 0.15) is 26.3 Å². The molecule has 0 saturated heterocycles. The van der Waals surface area contributed by atoms with Crippen molar-refractivity contribution in [3.05, 3.63) is 42.0 Å². The molecule has 0 radical (unpaired) electrons. The molecule has 0 atom stereocenters. The molecule has 0 aliphatic rings. The Bertz CT molecular complexity index is 315. The Labute approximate surface area is 86.2 Å². The number of benzene rings is 1. The van der Waals surface area contributed by atoms with Crippen LogP contribution in [-0.4, -0.2) is 11.8 Å². The predicted octanol–water partition coefficient (Wildman–Crippen LogP) is 3.57. The Kier molecular flexibility index (Phi) is 3.63. The van der Waals surface area contributed by atoms with Gasteiger partial charge in [0.25, 0.3) is 0 Å². The Balaban J connectivity index is 2.54. The normalized spacial score (nSPS) is 12.8. The first-order valence-corrected chi connectivity index (χ1v) is 4.85. The highest BCUT2D eigenvalue weighted by molar-refractivity contribution is 5.78. The second kappa shape index (κ2) is 4.75. The first kappa shape index (κ1) is 10.7. The summed E-state index contributed by atoms with van der Waals surface area (Å²) < 4.78 is 0. The van der Waals surface area contributed by atoms with Crippen LogP contribution >= 0.6 is 0 Å². The maximum atomic E-state index is 4.36. The smallest absolute Gasteiger partial charge is 0.0524 e. The summed E-state index contributed by atoms with van der Waals surface area (Å²) in [6.45, 7) is 6.25. The van der Waals surface area contributed by atoms with E-state index in [2.05, 4.69) is 44.0 Å². The van der Waals surface area contributed by atoms with Gasteiger partial charge in [-0.2, -0.15) is 0 Å². The van der Waals surface area contributed by atoms with Crippen molar-refractivity contribution in [2.75, 3.05) is 0 Å². The fourth-order valence-electron chi connectivity index (χ4n) is 0.985. The molecule has 1 rings (SSSR count). The van der Waals surface area contributed by atoms with Crippen molar-refractivity contribution >= 4 is 12.3 Å². The van der Waals surface area contributed by atoms with Gasteiger partial charge in [0.2, 0.25) is 0 Å². The molecule has 0 aromatic heterocycles. The average molecular weight is 187 g/mol. The van der Waals surface area contributed by atoms with Crippen molar-refractivity contribution in [3.8, 4) is 0 Å². The van der Waals surface area contributed by atoms with Gasteiger partial charge in [-0.3, -0.25) is 4.99 Å². The van der Waals surface area contributed by atoms with Gasteiger partial charge in [0.1, 0.15) is 0 Å². The van der Waals surface area contributed by atoms with E-state index in [0.29, 0.717) is 0 Å². The van der Waals surface area contributed by atoms with Gasteiger partial charge >= 0.3 is 0 Å². The highest BCUT2D eigenvalue weighted by atomic mass is 14.8. The zero-order valence-corrected chi connectivity index (χ0v) is 9.07. The molecule has 0 aliphatic carbocycles. The Morgan fingerprint density at radius 2 is 1.71 bits per heavy atom. The summed E-state index contributed by atoms with van der Waals surface area (Å²) in [6, 6.07) is 10.2. The van der Waals surface area contributed by atoms with Crippen LogP contribution < -0.4 is 0 Å². The molecule has 14 heavy (non-hydrogen) atoms. The largest absolute Gasteiger partial charge is 0.287 e. The number of rotatable bonds is 2. The van der Waals surface area contributed by atoms with Crippen LogP contribution in [0, 0.1) is 0 Å². The molecular formula is C13H17N. The second-order valence-corrected chi connectivity index (χ2v) is 4.22. The molecule has 0 bridgehead atoms. The van der Waals surface area contributed by atoms with E-state index in [4.69, 9.17) is 0 Å². The van der Waals surface area contributed by atoms with Crippen LogP contribution in [-0.2, 0) is 0 Å². The quantitative estimate of drug-likeness (QED) is 0.628. The summed E-state index contributed by atoms with van der Waals surface area (Å²) in [5.41, 5.74) is 1.22. The Hall–Kier alpha value is -1.37. The SMILES string of the molecule is CC(C)(C)N=C/C=C\c1ccccc1. The molecule has 0 saturated carbocycles. The molecule has 0 heterocycles. The van der Waals surface area contributed by atoms with Crippen LogP contribution in [0.3, 0.4) is 0 Å². The van der Waals surface area contributed by atoms with E-state index in [0.717, 1.165) is 0 Å². The zero-order chi connectivity index (χ0) is 10.4. The fraction of sp³-hybridized carbons (Fsp3) is 0.308. The van der Waals surface area contributed by atoms with E-state index >= 15 is 0 Å². The lowest BCUT2D eigenvalue weighted by molar-refractivity contribution is 0.587. The average Bonchev–Trinajstić information content (AvgIpc) is 2.13. The molecule has 0 aliphatic heterocycles. The van der Waals surface area contributed by atoms with E-state index in [-0.39, 0.29) is 5.54 Å². The molecule has 1 aromatic carbocycles. The zero-order valence-electron chi connectivity index (χ0n) is 9.07. The van der Waals surface area contributed by atoms with Crippen LogP contribution in [0.4, 0.5) is 0 Å². The first-order chi connectivity index (χ1) is 6.58. The van der Waals surface area contributed by atoms with Gasteiger partial charge in [0.05, 0.1) is 5.54 Å². The Morgan fingerprint density at radius 3 is 2.29 bits per heavy atom. The van der Waals surface area contributed by atoms with Gasteiger partial charge in [-0.15, -0.1) is 0 Å². The summed E-state index contributed by atoms with van der Waals surface area (Å²) in [6.07, 6.45) is 5.88. The fourth-order valence-corrected chi connectivity index (χ4v) is 0.985. The minimum Gasteiger partial charge on any atom is -0.287 e. The lowest BCUT2D eigenvalue weighted by Crippen LogP contribution is -2.08. The summed E-state index contributed by atoms with van der Waals surface area (Å²) in [5, 5.41) is 0. The molecule has 74 valence electrons. The van der Waals surface area contributed by atoms with E-state index in [1.165, 1.54) is 5.56 Å². The highest BCUT2D eigenvalue weighted by Gasteiger charge is 2.02. The molecule has 0 N–H and O–H groups in total. The number of allylic oxidation sites excluding steroid dienone is 1. The lowest BCUT2D eigenvalue weighted by atomic mass is 10.1. The number of aliphatic imine (C=N–C) groups is 1. The molecule has 0 unspecified atom stereocenters. The molecule has 0 amide bonds. The number of hydrogen-bond donors (Lipinski definition) is 0. The van der Waals surface area contributed by atoms with Crippen molar-refractivity contribution in [3.63, 3.8) is 0 Å². The van der Waals surface area contributed by atoms with E-state index in [9.17, 15) is 0 Å². The number of hydrogen-bond acceptors (Lipinski definition) is 1. The van der Waals surface area contributed by atoms with Crippen LogP contribution in [0.15, 0.2) is 41.4 Å². The minimum absolute atomic E-state index is 0.0149. The Morgan fingerprint density at radius 1 is 1.07 bits per heavy atom. The summed E-state index contributed by atoms with van der Waals surface area (Å²) in [5.74, 6) is 0. The van der Waals surface area contributed by atoms with Crippen molar-refractivity contribution in [1.82, 2.24) is 0 Å². The first-order valence-electron chi connectivity index (χ1n) is 4.85. The van der Waals surface area contributed by atoms with Gasteiger partial charge in [-0.25, -0.2) is 0 Å². The monoisotopic (exact) mass is 187 g/mol. The topological polar surface area (TPSA) is 12.4 Å². The maximum absolute atomic E-state index is 4.36. The third-order valence-electron chi connectivity index (χ3n) is 1.64. The second-order valence-electron chi connectivity index (χ2n) is 4.22. The van der Waals surface area contributed by atoms with E-state index < -0.39 is 0 Å². The summed E-state index contributed by atoms with van der Waals surface area (Å²) in [4.78, 5) is 4.36. The minimum atomic E-state index is 0.0149. The molecule has 0 fully saturated rings. The van der Waals surface area contributed by atoms with Crippen LogP contribution in [0.25, 0.3) is 6.08 Å². The lowest BCUT2D eigenvalue weighted by Gasteiger charge is -2.09. The van der Waals surface area contributed by atoms with Crippen LogP contribution in [0.5, 0.6) is 0 Å². The third kappa shape index (κ3) is 4.61. The van der Waals surface area contributed by atoms with E-state index in [1.54, 1.807) is 0 Å². The van der Waals surface area contributed by atoms with Gasteiger partial charge in [-0.1, -0.05) is 36.4 Å². The maximum Gasteiger partial charge on any atom is 0.0524 e. The standard InChI is InChI=1S/C13H17N/c1-13(2,3)14-11-7-10-12-8-5-4-6-9-12/h4-11H,1-3H3/b10-7-,14-11?. The molecule has 1 heteroatoms. The molecule has 1 aromatic rings. The van der Waals surface area contributed by atoms with Crippen molar-refractivity contribution in [2.24, 2.45) is 4.99 Å². The third-order valence-corrected chi connectivity index (χ3v) is 1.64. The molecule has 0 spiro atoms. The van der Waals surface area contributed by atoms with E-state index in [1.807, 2.05) is 30.5 Å². The predicted molar refractivity (Wildman–Crippen MR) is 63.7 cm³/mol. The van der Waals surface area contributed by atoms with Crippen molar-refractivity contribution in [1.29, 1.82) is 0 Å². The van der Waals surface area contributed by atoms with Crippen molar-refractivity contribution < 1.29 is 0 Å². The number of nitrogens with zero attached hydrogens (tertiary/aromatic N) is 1. The molecule has 1 nitrogen and oxygen atoms in total. The van der Waals surface area contributed by atoms with Crippen molar-refractivity contribution in [2.45, 2.75) is 26.3 Å². The van der Waals surface area contributed by atoms with Gasteiger partial charge in [0, 0.05) is 6.21 Å². The van der Waals surface area contributed by atoms with Gasteiger partial charge < -0.3 is 0 Å². The van der Waals surface area contributed by atoms with Gasteiger partial charge in [0.15, 0.2) is 0 Å². The summed E-state index contributed by atoms with van der Waals surface area (Å²) >= 11 is 0.